The van der Waals surface area contributed by atoms with Crippen molar-refractivity contribution >= 4 is 15.9 Å². The summed E-state index contributed by atoms with van der Waals surface area (Å²) in [6.07, 6.45) is 3.08. The summed E-state index contributed by atoms with van der Waals surface area (Å²) < 4.78 is 14.3. The molecule has 1 rings (SSSR count). The Bertz CT molecular complexity index is 439. The summed E-state index contributed by atoms with van der Waals surface area (Å²) in [6.45, 7) is 12.3. The molecule has 0 aliphatic carbocycles. The quantitative estimate of drug-likeness (QED) is 0.672. The van der Waals surface area contributed by atoms with E-state index < -0.39 is 0 Å². The lowest BCUT2D eigenvalue weighted by Crippen LogP contribution is -2.36. The van der Waals surface area contributed by atoms with Gasteiger partial charge in [-0.1, -0.05) is 46.8 Å². The Morgan fingerprint density at radius 2 is 1.95 bits per heavy atom. The highest BCUT2D eigenvalue weighted by atomic mass is 79.9. The molecule has 1 aromatic carbocycles. The molecule has 21 heavy (non-hydrogen) atoms. The van der Waals surface area contributed by atoms with Gasteiger partial charge in [-0.25, -0.2) is 4.39 Å². The summed E-state index contributed by atoms with van der Waals surface area (Å²) in [5.74, 6) is 0.435. The van der Waals surface area contributed by atoms with Crippen molar-refractivity contribution in [2.75, 3.05) is 6.54 Å². The van der Waals surface area contributed by atoms with Crippen molar-refractivity contribution in [1.29, 1.82) is 0 Å². The van der Waals surface area contributed by atoms with Crippen molar-refractivity contribution in [2.24, 2.45) is 11.3 Å². The molecule has 0 saturated heterocycles. The molecular formula is C18H29BrFN. The van der Waals surface area contributed by atoms with E-state index in [1.165, 1.54) is 6.07 Å². The summed E-state index contributed by atoms with van der Waals surface area (Å²) in [5, 5.41) is 3.62. The second-order valence-corrected chi connectivity index (χ2v) is 7.86. The SMILES string of the molecule is CCCNC(Cc1cccc(F)c1Br)CC(C)C(C)(C)C. The second kappa shape index (κ2) is 8.28. The first-order valence-corrected chi connectivity index (χ1v) is 8.71. The third-order valence-corrected chi connectivity index (χ3v) is 5.19. The van der Waals surface area contributed by atoms with Gasteiger partial charge in [-0.05, 0) is 64.7 Å². The largest absolute Gasteiger partial charge is 0.314 e. The maximum absolute atomic E-state index is 13.7. The number of benzene rings is 1. The average Bonchev–Trinajstić information content (AvgIpc) is 2.40. The van der Waals surface area contributed by atoms with Crippen LogP contribution in [0.15, 0.2) is 22.7 Å². The molecule has 0 radical (unpaired) electrons. The molecule has 0 heterocycles. The molecular weight excluding hydrogens is 329 g/mol. The molecule has 0 bridgehead atoms. The van der Waals surface area contributed by atoms with Crippen molar-refractivity contribution < 1.29 is 4.39 Å². The van der Waals surface area contributed by atoms with E-state index >= 15 is 0 Å². The molecule has 0 saturated carbocycles. The molecule has 1 nitrogen and oxygen atoms in total. The summed E-state index contributed by atoms with van der Waals surface area (Å²) in [5.41, 5.74) is 1.34. The summed E-state index contributed by atoms with van der Waals surface area (Å²) in [6, 6.07) is 5.69. The van der Waals surface area contributed by atoms with E-state index in [4.69, 9.17) is 0 Å². The molecule has 120 valence electrons. The van der Waals surface area contributed by atoms with Crippen LogP contribution in [0.2, 0.25) is 0 Å². The van der Waals surface area contributed by atoms with E-state index in [1.54, 1.807) is 6.07 Å². The van der Waals surface area contributed by atoms with E-state index in [2.05, 4.69) is 55.9 Å². The molecule has 3 heteroatoms. The Balaban J connectivity index is 2.80. The summed E-state index contributed by atoms with van der Waals surface area (Å²) in [4.78, 5) is 0. The molecule has 1 N–H and O–H groups in total. The highest BCUT2D eigenvalue weighted by molar-refractivity contribution is 9.10. The van der Waals surface area contributed by atoms with Crippen LogP contribution in [0, 0.1) is 17.2 Å². The Morgan fingerprint density at radius 1 is 1.29 bits per heavy atom. The van der Waals surface area contributed by atoms with E-state index in [1.807, 2.05) is 6.07 Å². The highest BCUT2D eigenvalue weighted by Crippen LogP contribution is 2.30. The van der Waals surface area contributed by atoms with E-state index in [0.29, 0.717) is 21.8 Å². The van der Waals surface area contributed by atoms with Gasteiger partial charge in [0.15, 0.2) is 0 Å². The van der Waals surface area contributed by atoms with Crippen LogP contribution in [-0.2, 0) is 6.42 Å². The maximum Gasteiger partial charge on any atom is 0.137 e. The van der Waals surface area contributed by atoms with Crippen LogP contribution < -0.4 is 5.32 Å². The molecule has 2 unspecified atom stereocenters. The first kappa shape index (κ1) is 18.6. The van der Waals surface area contributed by atoms with Crippen molar-refractivity contribution in [1.82, 2.24) is 5.32 Å². The monoisotopic (exact) mass is 357 g/mol. The standard InChI is InChI=1S/C18H29BrFN/c1-6-10-21-15(11-13(2)18(3,4)5)12-14-8-7-9-16(20)17(14)19/h7-9,13,15,21H,6,10-12H2,1-5H3. The van der Waals surface area contributed by atoms with Gasteiger partial charge in [0.1, 0.15) is 5.82 Å². The van der Waals surface area contributed by atoms with Crippen LogP contribution in [-0.4, -0.2) is 12.6 Å². The topological polar surface area (TPSA) is 12.0 Å². The van der Waals surface area contributed by atoms with Crippen LogP contribution in [0.5, 0.6) is 0 Å². The minimum atomic E-state index is -0.175. The van der Waals surface area contributed by atoms with Crippen LogP contribution in [0.4, 0.5) is 4.39 Å². The lowest BCUT2D eigenvalue weighted by atomic mass is 9.78. The Labute approximate surface area is 137 Å². The van der Waals surface area contributed by atoms with Gasteiger partial charge in [-0.2, -0.15) is 0 Å². The minimum absolute atomic E-state index is 0.175. The third-order valence-electron chi connectivity index (χ3n) is 4.30. The highest BCUT2D eigenvalue weighted by Gasteiger charge is 2.24. The van der Waals surface area contributed by atoms with Gasteiger partial charge in [0.05, 0.1) is 4.47 Å². The predicted molar refractivity (Wildman–Crippen MR) is 93.1 cm³/mol. The molecule has 2 atom stereocenters. The smallest absolute Gasteiger partial charge is 0.137 e. The number of halogens is 2. The number of nitrogens with one attached hydrogen (secondary N) is 1. The van der Waals surface area contributed by atoms with E-state index in [-0.39, 0.29) is 5.82 Å². The van der Waals surface area contributed by atoms with Crippen LogP contribution >= 0.6 is 15.9 Å². The molecule has 0 aliphatic heterocycles. The number of rotatable bonds is 7. The van der Waals surface area contributed by atoms with E-state index in [0.717, 1.165) is 31.4 Å². The average molecular weight is 358 g/mol. The molecule has 1 aromatic rings. The van der Waals surface area contributed by atoms with Gasteiger partial charge >= 0.3 is 0 Å². The third kappa shape index (κ3) is 6.07. The fourth-order valence-corrected chi connectivity index (χ4v) is 2.77. The van der Waals surface area contributed by atoms with Gasteiger partial charge in [-0.15, -0.1) is 0 Å². The van der Waals surface area contributed by atoms with E-state index in [9.17, 15) is 4.39 Å². The maximum atomic E-state index is 13.7. The minimum Gasteiger partial charge on any atom is -0.314 e. The lowest BCUT2D eigenvalue weighted by Gasteiger charge is -2.31. The molecule has 0 spiro atoms. The normalized spacial score (nSPS) is 15.0. The summed E-state index contributed by atoms with van der Waals surface area (Å²) >= 11 is 3.38. The van der Waals surface area contributed by atoms with Crippen molar-refractivity contribution in [2.45, 2.75) is 59.9 Å². The molecule has 0 aliphatic rings. The molecule has 0 aromatic heterocycles. The number of hydrogen-bond donors (Lipinski definition) is 1. The first-order chi connectivity index (χ1) is 9.75. The van der Waals surface area contributed by atoms with Crippen LogP contribution in [0.1, 0.15) is 53.0 Å². The fraction of sp³-hybridized carbons (Fsp3) is 0.667. The Kier molecular flexibility index (Phi) is 7.35. The van der Waals surface area contributed by atoms with Crippen LogP contribution in [0.25, 0.3) is 0 Å². The molecule has 0 fully saturated rings. The predicted octanol–water partition coefficient (Wildman–Crippen LogP) is 5.57. The molecule has 0 amide bonds. The van der Waals surface area contributed by atoms with Crippen molar-refractivity contribution in [3.05, 3.63) is 34.1 Å². The van der Waals surface area contributed by atoms with Gasteiger partial charge in [0, 0.05) is 6.04 Å². The lowest BCUT2D eigenvalue weighted by molar-refractivity contribution is 0.222. The zero-order valence-electron chi connectivity index (χ0n) is 14.0. The Hall–Kier alpha value is -0.410. The zero-order valence-corrected chi connectivity index (χ0v) is 15.6. The number of hydrogen-bond acceptors (Lipinski definition) is 1. The van der Waals surface area contributed by atoms with Gasteiger partial charge < -0.3 is 5.32 Å². The van der Waals surface area contributed by atoms with Gasteiger partial charge in [0.2, 0.25) is 0 Å². The first-order valence-electron chi connectivity index (χ1n) is 7.92. The fourth-order valence-electron chi connectivity index (χ4n) is 2.34. The van der Waals surface area contributed by atoms with Crippen molar-refractivity contribution in [3.63, 3.8) is 0 Å². The second-order valence-electron chi connectivity index (χ2n) is 7.07. The van der Waals surface area contributed by atoms with Crippen LogP contribution in [0.3, 0.4) is 0 Å². The summed E-state index contributed by atoms with van der Waals surface area (Å²) in [7, 11) is 0. The Morgan fingerprint density at radius 3 is 2.52 bits per heavy atom. The zero-order chi connectivity index (χ0) is 16.0. The van der Waals surface area contributed by atoms with Gasteiger partial charge in [-0.3, -0.25) is 0 Å². The van der Waals surface area contributed by atoms with Crippen molar-refractivity contribution in [3.8, 4) is 0 Å². The van der Waals surface area contributed by atoms with Gasteiger partial charge in [0.25, 0.3) is 0 Å².